The molecule has 0 spiro atoms. The number of aliphatic hydroxyl groups is 1. The first-order chi connectivity index (χ1) is 9.18. The van der Waals surface area contributed by atoms with Crippen molar-refractivity contribution in [1.29, 1.82) is 0 Å². The molecule has 0 unspecified atom stereocenters. The maximum absolute atomic E-state index is 13.6. The third-order valence-corrected chi connectivity index (χ3v) is 3.17. The van der Waals surface area contributed by atoms with Gasteiger partial charge in [0.1, 0.15) is 5.82 Å². The highest BCUT2D eigenvalue weighted by Crippen LogP contribution is 2.25. The smallest absolute Gasteiger partial charge is 0.130 e. The maximum atomic E-state index is 13.6. The summed E-state index contributed by atoms with van der Waals surface area (Å²) in [5.74, 6) is -0.485. The summed E-state index contributed by atoms with van der Waals surface area (Å²) in [6, 6.07) is 14.2. The van der Waals surface area contributed by atoms with Crippen LogP contribution >= 0.6 is 11.6 Å². The van der Waals surface area contributed by atoms with Crippen LogP contribution in [-0.4, -0.2) is 11.7 Å². The van der Waals surface area contributed by atoms with Crippen LogP contribution in [0.5, 0.6) is 0 Å². The monoisotopic (exact) mass is 279 g/mol. The van der Waals surface area contributed by atoms with E-state index in [1.54, 1.807) is 6.07 Å². The average molecular weight is 280 g/mol. The molecule has 0 saturated carbocycles. The zero-order valence-corrected chi connectivity index (χ0v) is 11.1. The van der Waals surface area contributed by atoms with Gasteiger partial charge in [-0.15, -0.1) is 0 Å². The fraction of sp³-hybridized carbons (Fsp3) is 0.200. The van der Waals surface area contributed by atoms with Crippen LogP contribution in [0.4, 0.5) is 4.39 Å². The van der Waals surface area contributed by atoms with Gasteiger partial charge in [-0.05, 0) is 17.7 Å². The zero-order valence-electron chi connectivity index (χ0n) is 10.3. The van der Waals surface area contributed by atoms with Gasteiger partial charge < -0.3 is 10.4 Å². The number of halogens is 2. The zero-order chi connectivity index (χ0) is 13.7. The second-order valence-corrected chi connectivity index (χ2v) is 4.67. The van der Waals surface area contributed by atoms with Crippen LogP contribution in [0.2, 0.25) is 5.02 Å². The second-order valence-electron chi connectivity index (χ2n) is 4.27. The first-order valence-corrected chi connectivity index (χ1v) is 6.43. The number of nitrogens with one attached hydrogen (secondary N) is 1. The Morgan fingerprint density at radius 1 is 1.11 bits per heavy atom. The van der Waals surface area contributed by atoms with Crippen molar-refractivity contribution < 1.29 is 9.50 Å². The molecule has 2 N–H and O–H groups in total. The van der Waals surface area contributed by atoms with Gasteiger partial charge in [0, 0.05) is 23.7 Å². The highest BCUT2D eigenvalue weighted by molar-refractivity contribution is 6.31. The minimum absolute atomic E-state index is 0.143. The summed E-state index contributed by atoms with van der Waals surface area (Å²) in [5, 5.41) is 13.3. The molecule has 2 aromatic rings. The van der Waals surface area contributed by atoms with Crippen molar-refractivity contribution in [3.63, 3.8) is 0 Å². The molecule has 2 nitrogen and oxygen atoms in total. The molecular weight excluding hydrogens is 265 g/mol. The van der Waals surface area contributed by atoms with Crippen molar-refractivity contribution >= 4 is 11.6 Å². The lowest BCUT2D eigenvalue weighted by Crippen LogP contribution is -2.22. The van der Waals surface area contributed by atoms with Crippen molar-refractivity contribution in [2.45, 2.75) is 12.6 Å². The summed E-state index contributed by atoms with van der Waals surface area (Å²) in [7, 11) is 0. The minimum atomic E-state index is -0.961. The van der Waals surface area contributed by atoms with Crippen LogP contribution in [0.25, 0.3) is 0 Å². The Labute approximate surface area is 116 Å². The van der Waals surface area contributed by atoms with Crippen LogP contribution in [-0.2, 0) is 6.54 Å². The van der Waals surface area contributed by atoms with Crippen LogP contribution in [0.15, 0.2) is 48.5 Å². The van der Waals surface area contributed by atoms with E-state index in [0.29, 0.717) is 6.54 Å². The lowest BCUT2D eigenvalue weighted by molar-refractivity contribution is 0.170. The van der Waals surface area contributed by atoms with Crippen LogP contribution in [0.3, 0.4) is 0 Å². The summed E-state index contributed by atoms with van der Waals surface area (Å²) in [4.78, 5) is 0. The van der Waals surface area contributed by atoms with Gasteiger partial charge in [0.05, 0.1) is 6.10 Å². The molecule has 0 aromatic heterocycles. The number of aliphatic hydroxyl groups excluding tert-OH is 1. The van der Waals surface area contributed by atoms with Crippen molar-refractivity contribution in [3.05, 3.63) is 70.5 Å². The van der Waals surface area contributed by atoms with E-state index >= 15 is 0 Å². The lowest BCUT2D eigenvalue weighted by atomic mass is 10.1. The minimum Gasteiger partial charge on any atom is -0.387 e. The topological polar surface area (TPSA) is 32.3 Å². The Morgan fingerprint density at radius 2 is 1.84 bits per heavy atom. The van der Waals surface area contributed by atoms with E-state index in [1.807, 2.05) is 30.3 Å². The maximum Gasteiger partial charge on any atom is 0.130 e. The van der Waals surface area contributed by atoms with Gasteiger partial charge in [0.25, 0.3) is 0 Å². The van der Waals surface area contributed by atoms with Crippen LogP contribution in [0.1, 0.15) is 17.2 Å². The summed E-state index contributed by atoms with van der Waals surface area (Å²) >= 11 is 5.89. The molecule has 2 aromatic carbocycles. The predicted octanol–water partition coefficient (Wildman–Crippen LogP) is 3.30. The first-order valence-electron chi connectivity index (χ1n) is 6.05. The Balaban J connectivity index is 1.93. The van der Waals surface area contributed by atoms with Crippen molar-refractivity contribution in [2.24, 2.45) is 0 Å². The molecule has 4 heteroatoms. The molecule has 0 aliphatic heterocycles. The normalized spacial score (nSPS) is 12.4. The van der Waals surface area contributed by atoms with E-state index in [0.717, 1.165) is 5.56 Å². The van der Waals surface area contributed by atoms with E-state index in [1.165, 1.54) is 12.1 Å². The molecule has 0 radical (unpaired) electrons. The van der Waals surface area contributed by atoms with Gasteiger partial charge in [-0.2, -0.15) is 0 Å². The van der Waals surface area contributed by atoms with E-state index in [2.05, 4.69) is 5.32 Å². The SMILES string of the molecule is O[C@H](CNCc1ccccc1)c1c(F)cccc1Cl. The summed E-state index contributed by atoms with van der Waals surface area (Å²) in [6.45, 7) is 0.861. The van der Waals surface area contributed by atoms with Crippen LogP contribution in [0, 0.1) is 5.82 Å². The second kappa shape index (κ2) is 6.66. The van der Waals surface area contributed by atoms with E-state index in [9.17, 15) is 9.50 Å². The first kappa shape index (κ1) is 14.0. The third kappa shape index (κ3) is 3.77. The van der Waals surface area contributed by atoms with Gasteiger partial charge in [-0.25, -0.2) is 4.39 Å². The summed E-state index contributed by atoms with van der Waals surface area (Å²) < 4.78 is 13.6. The number of rotatable bonds is 5. The molecule has 0 amide bonds. The fourth-order valence-corrected chi connectivity index (χ4v) is 2.17. The number of hydrogen-bond donors (Lipinski definition) is 2. The van der Waals surface area contributed by atoms with Crippen molar-refractivity contribution in [3.8, 4) is 0 Å². The average Bonchev–Trinajstić information content (AvgIpc) is 2.40. The van der Waals surface area contributed by atoms with Gasteiger partial charge in [0.15, 0.2) is 0 Å². The Morgan fingerprint density at radius 3 is 2.53 bits per heavy atom. The molecule has 19 heavy (non-hydrogen) atoms. The van der Waals surface area contributed by atoms with Gasteiger partial charge in [0.2, 0.25) is 0 Å². The van der Waals surface area contributed by atoms with Gasteiger partial charge in [-0.1, -0.05) is 48.0 Å². The van der Waals surface area contributed by atoms with Gasteiger partial charge in [-0.3, -0.25) is 0 Å². The Kier molecular flexibility index (Phi) is 4.91. The Bertz CT molecular complexity index is 513. The summed E-state index contributed by atoms with van der Waals surface area (Å²) in [5.41, 5.74) is 1.25. The van der Waals surface area contributed by atoms with Gasteiger partial charge >= 0.3 is 0 Å². The molecule has 0 bridgehead atoms. The Hall–Kier alpha value is -1.42. The highest BCUT2D eigenvalue weighted by Gasteiger charge is 2.15. The fourth-order valence-electron chi connectivity index (χ4n) is 1.88. The molecule has 1 atom stereocenters. The summed E-state index contributed by atoms with van der Waals surface area (Å²) in [6.07, 6.45) is -0.961. The number of benzene rings is 2. The molecule has 0 saturated heterocycles. The molecule has 2 rings (SSSR count). The van der Waals surface area contributed by atoms with Crippen molar-refractivity contribution in [2.75, 3.05) is 6.54 Å². The standard InChI is InChI=1S/C15H15ClFNO/c16-12-7-4-8-13(17)15(12)14(19)10-18-9-11-5-2-1-3-6-11/h1-8,14,18-19H,9-10H2/t14-/m1/s1. The largest absolute Gasteiger partial charge is 0.387 e. The van der Waals surface area contributed by atoms with Crippen molar-refractivity contribution in [1.82, 2.24) is 5.32 Å². The van der Waals surface area contributed by atoms with E-state index in [4.69, 9.17) is 11.6 Å². The molecule has 0 fully saturated rings. The predicted molar refractivity (Wildman–Crippen MR) is 74.5 cm³/mol. The molecule has 0 aliphatic rings. The number of hydrogen-bond acceptors (Lipinski definition) is 2. The molecule has 0 aliphatic carbocycles. The molecule has 0 heterocycles. The molecule has 100 valence electrons. The van der Waals surface area contributed by atoms with E-state index < -0.39 is 11.9 Å². The quantitative estimate of drug-likeness (QED) is 0.880. The van der Waals surface area contributed by atoms with Crippen LogP contribution < -0.4 is 5.32 Å². The lowest BCUT2D eigenvalue weighted by Gasteiger charge is -2.14. The third-order valence-electron chi connectivity index (χ3n) is 2.84. The molecular formula is C15H15ClFNO. The van der Waals surface area contributed by atoms with E-state index in [-0.39, 0.29) is 17.1 Å². The highest BCUT2D eigenvalue weighted by atomic mass is 35.5.